The first-order valence-electron chi connectivity index (χ1n) is 7.46. The molecule has 0 spiro atoms. The van der Waals surface area contributed by atoms with Gasteiger partial charge in [0.05, 0.1) is 5.69 Å². The fourth-order valence-corrected chi connectivity index (χ4v) is 2.52. The minimum Gasteiger partial charge on any atom is -0.328 e. The molecule has 0 aliphatic carbocycles. The summed E-state index contributed by atoms with van der Waals surface area (Å²) in [5.41, 5.74) is 10.0. The van der Waals surface area contributed by atoms with Crippen LogP contribution in [0.3, 0.4) is 0 Å². The van der Waals surface area contributed by atoms with Gasteiger partial charge in [0, 0.05) is 18.3 Å². The van der Waals surface area contributed by atoms with Gasteiger partial charge in [0.2, 0.25) is 0 Å². The maximum absolute atomic E-state index is 5.97. The van der Waals surface area contributed by atoms with Crippen LogP contribution in [0, 0.1) is 0 Å². The van der Waals surface area contributed by atoms with Crippen molar-refractivity contribution in [3.63, 3.8) is 0 Å². The molecule has 0 saturated heterocycles. The predicted molar refractivity (Wildman–Crippen MR) is 77.9 cm³/mol. The van der Waals surface area contributed by atoms with Gasteiger partial charge in [-0.3, -0.25) is 4.68 Å². The number of rotatable bonds is 8. The van der Waals surface area contributed by atoms with Gasteiger partial charge in [-0.15, -0.1) is 0 Å². The smallest absolute Gasteiger partial charge is 0.0657 e. The molecule has 1 aromatic rings. The maximum atomic E-state index is 5.97. The van der Waals surface area contributed by atoms with Gasteiger partial charge in [-0.2, -0.15) is 5.10 Å². The number of aryl methyl sites for hydroxylation is 2. The van der Waals surface area contributed by atoms with E-state index in [1.54, 1.807) is 0 Å². The molecule has 3 heteroatoms. The third-order valence-electron chi connectivity index (χ3n) is 3.42. The highest BCUT2D eigenvalue weighted by atomic mass is 15.3. The number of aromatic nitrogens is 2. The fraction of sp³-hybridized carbons (Fsp3) is 0.800. The first-order valence-corrected chi connectivity index (χ1v) is 7.46. The lowest BCUT2D eigenvalue weighted by molar-refractivity contribution is 0.530. The van der Waals surface area contributed by atoms with Crippen LogP contribution in [0.25, 0.3) is 0 Å². The molecule has 0 aliphatic heterocycles. The molecule has 0 fully saturated rings. The van der Waals surface area contributed by atoms with Gasteiger partial charge in [0.1, 0.15) is 0 Å². The Labute approximate surface area is 112 Å². The van der Waals surface area contributed by atoms with Gasteiger partial charge in [-0.25, -0.2) is 0 Å². The van der Waals surface area contributed by atoms with Crippen molar-refractivity contribution in [3.05, 3.63) is 17.0 Å². The average molecular weight is 251 g/mol. The van der Waals surface area contributed by atoms with Gasteiger partial charge in [-0.05, 0) is 38.2 Å². The highest BCUT2D eigenvalue weighted by Crippen LogP contribution is 2.18. The monoisotopic (exact) mass is 251 g/mol. The van der Waals surface area contributed by atoms with E-state index in [1.807, 2.05) is 0 Å². The lowest BCUT2D eigenvalue weighted by atomic mass is 10.0. The molecule has 1 rings (SSSR count). The topological polar surface area (TPSA) is 43.8 Å². The Morgan fingerprint density at radius 2 is 1.89 bits per heavy atom. The molecule has 1 atom stereocenters. The zero-order chi connectivity index (χ0) is 13.5. The molecule has 0 saturated carbocycles. The normalized spacial score (nSPS) is 12.9. The second kappa shape index (κ2) is 7.57. The van der Waals surface area contributed by atoms with Crippen LogP contribution in [0.2, 0.25) is 0 Å². The molecule has 3 nitrogen and oxygen atoms in total. The molecule has 2 N–H and O–H groups in total. The summed E-state index contributed by atoms with van der Waals surface area (Å²) in [6.07, 6.45) is 6.80. The molecule has 1 unspecified atom stereocenters. The molecule has 0 radical (unpaired) electrons. The van der Waals surface area contributed by atoms with E-state index in [9.17, 15) is 0 Å². The number of unbranched alkanes of at least 4 members (excludes halogenated alkanes) is 2. The van der Waals surface area contributed by atoms with Gasteiger partial charge in [-0.1, -0.05) is 33.6 Å². The Morgan fingerprint density at radius 3 is 2.39 bits per heavy atom. The zero-order valence-electron chi connectivity index (χ0n) is 12.5. The average Bonchev–Trinajstić information content (AvgIpc) is 2.66. The summed E-state index contributed by atoms with van der Waals surface area (Å²) < 4.78 is 2.23. The highest BCUT2D eigenvalue weighted by Gasteiger charge is 2.16. The van der Waals surface area contributed by atoms with Crippen molar-refractivity contribution in [1.29, 1.82) is 0 Å². The van der Waals surface area contributed by atoms with E-state index in [2.05, 4.69) is 32.4 Å². The minimum absolute atomic E-state index is 0.217. The second-order valence-electron chi connectivity index (χ2n) is 5.19. The van der Waals surface area contributed by atoms with Crippen LogP contribution in [0.4, 0.5) is 0 Å². The van der Waals surface area contributed by atoms with Crippen molar-refractivity contribution in [2.75, 3.05) is 0 Å². The van der Waals surface area contributed by atoms with Crippen molar-refractivity contribution in [2.45, 2.75) is 78.8 Å². The largest absolute Gasteiger partial charge is 0.328 e. The van der Waals surface area contributed by atoms with Gasteiger partial charge < -0.3 is 5.73 Å². The van der Waals surface area contributed by atoms with E-state index in [0.717, 1.165) is 25.8 Å². The fourth-order valence-electron chi connectivity index (χ4n) is 2.52. The van der Waals surface area contributed by atoms with E-state index < -0.39 is 0 Å². The molecular weight excluding hydrogens is 222 g/mol. The standard InChI is InChI=1S/C15H29N3/c1-5-8-9-10-18-15(7-3)13(11-12(4)16)14(6-2)17-18/h12H,5-11,16H2,1-4H3. The summed E-state index contributed by atoms with van der Waals surface area (Å²) >= 11 is 0. The summed E-state index contributed by atoms with van der Waals surface area (Å²) in [7, 11) is 0. The van der Waals surface area contributed by atoms with E-state index in [1.165, 1.54) is 36.2 Å². The van der Waals surface area contributed by atoms with Crippen molar-refractivity contribution < 1.29 is 0 Å². The Kier molecular flexibility index (Phi) is 6.41. The highest BCUT2D eigenvalue weighted by molar-refractivity contribution is 5.27. The van der Waals surface area contributed by atoms with E-state index >= 15 is 0 Å². The quantitative estimate of drug-likeness (QED) is 0.722. The SMILES string of the molecule is CCCCCn1nc(CC)c(CC(C)N)c1CC. The van der Waals surface area contributed by atoms with E-state index in [-0.39, 0.29) is 6.04 Å². The Bertz CT molecular complexity index is 353. The molecule has 0 aliphatic rings. The Balaban J connectivity index is 2.92. The number of nitrogens with two attached hydrogens (primary N) is 1. The molecule has 104 valence electrons. The van der Waals surface area contributed by atoms with E-state index in [4.69, 9.17) is 10.8 Å². The van der Waals surface area contributed by atoms with Gasteiger partial charge >= 0.3 is 0 Å². The second-order valence-corrected chi connectivity index (χ2v) is 5.19. The van der Waals surface area contributed by atoms with Crippen molar-refractivity contribution in [3.8, 4) is 0 Å². The lowest BCUT2D eigenvalue weighted by Gasteiger charge is -2.09. The summed E-state index contributed by atoms with van der Waals surface area (Å²) in [4.78, 5) is 0. The first kappa shape index (κ1) is 15.2. The summed E-state index contributed by atoms with van der Waals surface area (Å²) in [6, 6.07) is 0.217. The van der Waals surface area contributed by atoms with Gasteiger partial charge in [0.25, 0.3) is 0 Å². The molecule has 0 amide bonds. The molecular formula is C15H29N3. The summed E-state index contributed by atoms with van der Waals surface area (Å²) in [5, 5.41) is 4.79. The zero-order valence-corrected chi connectivity index (χ0v) is 12.5. The van der Waals surface area contributed by atoms with Gasteiger partial charge in [0.15, 0.2) is 0 Å². The molecule has 1 aromatic heterocycles. The molecule has 0 aromatic carbocycles. The van der Waals surface area contributed by atoms with Crippen molar-refractivity contribution >= 4 is 0 Å². The number of nitrogens with zero attached hydrogens (tertiary/aromatic N) is 2. The minimum atomic E-state index is 0.217. The van der Waals surface area contributed by atoms with Crippen LogP contribution in [0.5, 0.6) is 0 Å². The third kappa shape index (κ3) is 3.84. The molecule has 18 heavy (non-hydrogen) atoms. The Morgan fingerprint density at radius 1 is 1.17 bits per heavy atom. The first-order chi connectivity index (χ1) is 8.63. The van der Waals surface area contributed by atoms with Crippen LogP contribution in [0.15, 0.2) is 0 Å². The van der Waals surface area contributed by atoms with Crippen LogP contribution in [-0.4, -0.2) is 15.8 Å². The van der Waals surface area contributed by atoms with Crippen molar-refractivity contribution in [2.24, 2.45) is 5.73 Å². The van der Waals surface area contributed by atoms with Crippen LogP contribution in [0.1, 0.15) is 63.9 Å². The molecule has 0 bridgehead atoms. The number of hydrogen-bond donors (Lipinski definition) is 1. The van der Waals surface area contributed by atoms with Crippen LogP contribution >= 0.6 is 0 Å². The lowest BCUT2D eigenvalue weighted by Crippen LogP contribution is -2.19. The van der Waals surface area contributed by atoms with Crippen molar-refractivity contribution in [1.82, 2.24) is 9.78 Å². The summed E-state index contributed by atoms with van der Waals surface area (Å²) in [6.45, 7) is 9.78. The molecule has 1 heterocycles. The predicted octanol–water partition coefficient (Wildman–Crippen LogP) is 3.09. The third-order valence-corrected chi connectivity index (χ3v) is 3.42. The van der Waals surface area contributed by atoms with Crippen LogP contribution < -0.4 is 5.73 Å². The van der Waals surface area contributed by atoms with Crippen LogP contribution in [-0.2, 0) is 25.8 Å². The Hall–Kier alpha value is -0.830. The van der Waals surface area contributed by atoms with E-state index in [0.29, 0.717) is 0 Å². The number of hydrogen-bond acceptors (Lipinski definition) is 2. The summed E-state index contributed by atoms with van der Waals surface area (Å²) in [5.74, 6) is 0. The maximum Gasteiger partial charge on any atom is 0.0657 e.